The zero-order valence-electron chi connectivity index (χ0n) is 22.3. The molecule has 0 spiro atoms. The van der Waals surface area contributed by atoms with Crippen molar-refractivity contribution >= 4 is 29.6 Å². The topological polar surface area (TPSA) is 130 Å². The van der Waals surface area contributed by atoms with E-state index in [0.29, 0.717) is 19.5 Å². The average Bonchev–Trinajstić information content (AvgIpc) is 3.09. The van der Waals surface area contributed by atoms with E-state index in [1.165, 1.54) is 0 Å². The van der Waals surface area contributed by atoms with Crippen LogP contribution in [0.4, 0.5) is 10.5 Å². The number of benzene rings is 1. The number of hydrogen-bond acceptors (Lipinski definition) is 9. The molecule has 1 N–H and O–H groups in total. The Hall–Kier alpha value is -3.62. The highest BCUT2D eigenvalue weighted by molar-refractivity contribution is 5.92. The van der Waals surface area contributed by atoms with Gasteiger partial charge >= 0.3 is 23.9 Å². The number of hydrogen-bond donors (Lipinski definition) is 1. The predicted molar refractivity (Wildman–Crippen MR) is 135 cm³/mol. The van der Waals surface area contributed by atoms with E-state index >= 15 is 0 Å². The molecule has 206 valence electrons. The van der Waals surface area contributed by atoms with Gasteiger partial charge in [-0.05, 0) is 38.0 Å². The third kappa shape index (κ3) is 6.82. The van der Waals surface area contributed by atoms with Crippen molar-refractivity contribution in [2.24, 2.45) is 0 Å². The summed E-state index contributed by atoms with van der Waals surface area (Å²) in [7, 11) is 0. The fourth-order valence-electron chi connectivity index (χ4n) is 4.54. The van der Waals surface area contributed by atoms with Crippen molar-refractivity contribution in [1.82, 2.24) is 5.32 Å². The van der Waals surface area contributed by atoms with Gasteiger partial charge in [-0.25, -0.2) is 4.79 Å². The molecule has 1 aromatic rings. The van der Waals surface area contributed by atoms with Crippen LogP contribution in [0.3, 0.4) is 0 Å². The third-order valence-corrected chi connectivity index (χ3v) is 6.14. The Balaban J connectivity index is 1.75. The summed E-state index contributed by atoms with van der Waals surface area (Å²) in [4.78, 5) is 49.3. The van der Waals surface area contributed by atoms with Gasteiger partial charge in [0.2, 0.25) is 18.0 Å². The molecule has 1 unspecified atom stereocenters. The lowest BCUT2D eigenvalue weighted by Crippen LogP contribution is -2.54. The van der Waals surface area contributed by atoms with Crippen molar-refractivity contribution in [2.75, 3.05) is 24.6 Å². The van der Waals surface area contributed by atoms with E-state index in [9.17, 15) is 19.2 Å². The third-order valence-electron chi connectivity index (χ3n) is 6.14. The molecule has 3 rings (SSSR count). The molecule has 2 aliphatic rings. The Morgan fingerprint density at radius 2 is 1.79 bits per heavy atom. The number of anilines is 1. The van der Waals surface area contributed by atoms with Gasteiger partial charge in [-0.1, -0.05) is 18.1 Å². The summed E-state index contributed by atoms with van der Waals surface area (Å²) >= 11 is 0. The molecule has 0 saturated carbocycles. The van der Waals surface area contributed by atoms with Crippen molar-refractivity contribution < 1.29 is 42.9 Å². The molecule has 0 aromatic heterocycles. The maximum atomic E-state index is 12.1. The summed E-state index contributed by atoms with van der Waals surface area (Å²) in [5.74, 6) is 0.226. The molecule has 11 heteroatoms. The van der Waals surface area contributed by atoms with Crippen LogP contribution in [0.1, 0.15) is 46.6 Å². The molecule has 0 aliphatic carbocycles. The van der Waals surface area contributed by atoms with E-state index in [1.807, 2.05) is 38.1 Å². The van der Waals surface area contributed by atoms with E-state index in [-0.39, 0.29) is 12.6 Å². The Morgan fingerprint density at radius 1 is 1.13 bits per heavy atom. The van der Waals surface area contributed by atoms with Gasteiger partial charge < -0.3 is 29.0 Å². The summed E-state index contributed by atoms with van der Waals surface area (Å²) < 4.78 is 27.9. The summed E-state index contributed by atoms with van der Waals surface area (Å²) in [6, 6.07) is 7.49. The van der Waals surface area contributed by atoms with Crippen LogP contribution in [0.25, 0.3) is 0 Å². The monoisotopic (exact) mass is 530 g/mol. The first-order valence-corrected chi connectivity index (χ1v) is 12.3. The van der Waals surface area contributed by atoms with Crippen LogP contribution < -0.4 is 10.2 Å². The summed E-state index contributed by atoms with van der Waals surface area (Å²) in [5, 5.41) is 2.83. The highest BCUT2D eigenvalue weighted by atomic mass is 16.8. The number of carbonyl (C=O) groups excluding carboxylic acids is 4. The SMILES string of the molecule is C#C[C@@]1(OC(C)=O)[C@@H](COC(C)(C)Cc2ccc(N3CCCNC3=O)cc2)OC(OC(C)=O)[C@@H]1OC(C)=O. The maximum Gasteiger partial charge on any atom is 0.321 e. The normalized spacial score (nSPS) is 25.2. The molecule has 2 saturated heterocycles. The molecule has 1 aromatic carbocycles. The second kappa shape index (κ2) is 11.8. The molecule has 0 radical (unpaired) electrons. The lowest BCUT2D eigenvalue weighted by Gasteiger charge is -2.34. The Labute approximate surface area is 222 Å². The average molecular weight is 531 g/mol. The maximum absolute atomic E-state index is 12.1. The van der Waals surface area contributed by atoms with Crippen LogP contribution in [-0.4, -0.2) is 73.3 Å². The van der Waals surface area contributed by atoms with Crippen molar-refractivity contribution in [1.29, 1.82) is 0 Å². The van der Waals surface area contributed by atoms with Gasteiger partial charge in [-0.3, -0.25) is 19.3 Å². The van der Waals surface area contributed by atoms with E-state index in [0.717, 1.165) is 38.4 Å². The number of esters is 3. The van der Waals surface area contributed by atoms with Gasteiger partial charge in [0.25, 0.3) is 0 Å². The first-order chi connectivity index (χ1) is 17.9. The van der Waals surface area contributed by atoms with Gasteiger partial charge in [-0.2, -0.15) is 0 Å². The number of nitrogens with zero attached hydrogens (tertiary/aromatic N) is 1. The molecule has 2 aliphatic heterocycles. The first-order valence-electron chi connectivity index (χ1n) is 12.3. The molecular weight excluding hydrogens is 496 g/mol. The molecule has 38 heavy (non-hydrogen) atoms. The number of terminal acetylenes is 1. The Kier molecular flexibility index (Phi) is 9.01. The molecule has 2 amide bonds. The van der Waals surface area contributed by atoms with Crippen LogP contribution in [0, 0.1) is 12.3 Å². The second-order valence-electron chi connectivity index (χ2n) is 9.81. The van der Waals surface area contributed by atoms with Gasteiger partial charge in [-0.15, -0.1) is 6.42 Å². The number of urea groups is 1. The van der Waals surface area contributed by atoms with Crippen molar-refractivity contribution in [3.05, 3.63) is 29.8 Å². The lowest BCUT2D eigenvalue weighted by molar-refractivity contribution is -0.199. The largest absolute Gasteiger partial charge is 0.450 e. The zero-order valence-corrected chi connectivity index (χ0v) is 22.3. The minimum atomic E-state index is -1.88. The summed E-state index contributed by atoms with van der Waals surface area (Å²) in [6.07, 6.45) is 3.25. The van der Waals surface area contributed by atoms with Gasteiger partial charge in [0.1, 0.15) is 6.10 Å². The van der Waals surface area contributed by atoms with E-state index in [2.05, 4.69) is 11.2 Å². The molecule has 0 bridgehead atoms. The molecule has 11 nitrogen and oxygen atoms in total. The Morgan fingerprint density at radius 3 is 2.34 bits per heavy atom. The highest BCUT2D eigenvalue weighted by Crippen LogP contribution is 2.38. The van der Waals surface area contributed by atoms with Crippen molar-refractivity contribution in [3.63, 3.8) is 0 Å². The van der Waals surface area contributed by atoms with Crippen LogP contribution in [-0.2, 0) is 44.5 Å². The first kappa shape index (κ1) is 28.9. The predicted octanol–water partition coefficient (Wildman–Crippen LogP) is 2.10. The van der Waals surface area contributed by atoms with Crippen LogP contribution in [0.5, 0.6) is 0 Å². The van der Waals surface area contributed by atoms with Crippen LogP contribution >= 0.6 is 0 Å². The molecule has 2 fully saturated rings. The van der Waals surface area contributed by atoms with Crippen LogP contribution in [0.15, 0.2) is 24.3 Å². The van der Waals surface area contributed by atoms with Crippen molar-refractivity contribution in [2.45, 2.75) is 77.2 Å². The minimum absolute atomic E-state index is 0.117. The number of rotatable bonds is 9. The summed E-state index contributed by atoms with van der Waals surface area (Å²) in [6.45, 7) is 8.36. The quantitative estimate of drug-likeness (QED) is 0.290. The van der Waals surface area contributed by atoms with Gasteiger partial charge in [0, 0.05) is 46.0 Å². The van der Waals surface area contributed by atoms with Crippen LogP contribution in [0.2, 0.25) is 0 Å². The highest BCUT2D eigenvalue weighted by Gasteiger charge is 2.63. The molecular formula is C27H34N2O9. The fraction of sp³-hybridized carbons (Fsp3) is 0.556. The number of nitrogens with one attached hydrogen (secondary N) is 1. The Bertz CT molecular complexity index is 1090. The van der Waals surface area contributed by atoms with Crippen molar-refractivity contribution in [3.8, 4) is 12.3 Å². The van der Waals surface area contributed by atoms with E-state index in [1.54, 1.807) is 4.90 Å². The lowest BCUT2D eigenvalue weighted by atomic mass is 9.92. The van der Waals surface area contributed by atoms with E-state index < -0.39 is 47.6 Å². The van der Waals surface area contributed by atoms with Gasteiger partial charge in [0.15, 0.2) is 0 Å². The van der Waals surface area contributed by atoms with Gasteiger partial charge in [0.05, 0.1) is 12.2 Å². The minimum Gasteiger partial charge on any atom is -0.450 e. The zero-order chi connectivity index (χ0) is 28.1. The molecule has 4 atom stereocenters. The van der Waals surface area contributed by atoms with E-state index in [4.69, 9.17) is 30.1 Å². The fourth-order valence-corrected chi connectivity index (χ4v) is 4.54. The standard InChI is InChI=1S/C27H34N2O9/c1-7-27(38-19(4)32)22(37-24(36-18(3)31)23(27)35-17(2)30)16-34-26(5,6)15-20-9-11-21(12-10-20)29-14-8-13-28-25(29)33/h1,9-12,22-24H,8,13-16H2,2-6H3,(H,28,33)/t22-,23+,24?,27-/m1/s1. The number of carbonyl (C=O) groups is 4. The molecule has 2 heterocycles. The smallest absolute Gasteiger partial charge is 0.321 e. The summed E-state index contributed by atoms with van der Waals surface area (Å²) in [5.41, 5.74) is -0.857. The number of amides is 2. The second-order valence-corrected chi connectivity index (χ2v) is 9.81. The number of ether oxygens (including phenoxy) is 5.